The highest BCUT2D eigenvalue weighted by Gasteiger charge is 2.25. The van der Waals surface area contributed by atoms with Crippen molar-refractivity contribution in [1.29, 1.82) is 0 Å². The lowest BCUT2D eigenvalue weighted by Gasteiger charge is -2.31. The number of rotatable bonds is 4. The van der Waals surface area contributed by atoms with E-state index in [9.17, 15) is 0 Å². The van der Waals surface area contributed by atoms with E-state index in [1.165, 1.54) is 16.7 Å². The zero-order chi connectivity index (χ0) is 13.8. The summed E-state index contributed by atoms with van der Waals surface area (Å²) in [6.07, 6.45) is 0.172. The predicted octanol–water partition coefficient (Wildman–Crippen LogP) is 1.56. The molecule has 1 aromatic carbocycles. The number of hydrogen-bond donors (Lipinski definition) is 2. The van der Waals surface area contributed by atoms with Gasteiger partial charge in [0.1, 0.15) is 5.75 Å². The highest BCUT2D eigenvalue weighted by molar-refractivity contribution is 5.44. The molecule has 1 aliphatic heterocycles. The Morgan fingerprint density at radius 2 is 2.05 bits per heavy atom. The zero-order valence-corrected chi connectivity index (χ0v) is 12.2. The minimum Gasteiger partial charge on any atom is -0.496 e. The van der Waals surface area contributed by atoms with Gasteiger partial charge in [-0.15, -0.1) is 0 Å². The molecule has 0 saturated carbocycles. The molecule has 2 atom stereocenters. The van der Waals surface area contributed by atoms with Crippen LogP contribution in [0.25, 0.3) is 0 Å². The van der Waals surface area contributed by atoms with E-state index in [-0.39, 0.29) is 12.1 Å². The number of ether oxygens (including phenoxy) is 2. The van der Waals surface area contributed by atoms with Crippen molar-refractivity contribution in [2.45, 2.75) is 26.0 Å². The third-order valence-electron chi connectivity index (χ3n) is 3.68. The van der Waals surface area contributed by atoms with Crippen LogP contribution in [-0.2, 0) is 4.74 Å². The minimum atomic E-state index is 0.172. The lowest BCUT2D eigenvalue weighted by Crippen LogP contribution is -2.45. The van der Waals surface area contributed by atoms with Gasteiger partial charge in [0.25, 0.3) is 0 Å². The molecule has 0 bridgehead atoms. The quantitative estimate of drug-likeness (QED) is 0.866. The number of morpholine rings is 1. The first-order valence-electron chi connectivity index (χ1n) is 6.82. The smallest absolute Gasteiger partial charge is 0.124 e. The summed E-state index contributed by atoms with van der Waals surface area (Å²) in [5.74, 6) is 0.973. The summed E-state index contributed by atoms with van der Waals surface area (Å²) in [5, 5.41) is 6.76. The molecule has 1 aliphatic rings. The summed E-state index contributed by atoms with van der Waals surface area (Å²) in [7, 11) is 3.70. The molecule has 4 heteroatoms. The first-order valence-corrected chi connectivity index (χ1v) is 6.82. The molecule has 4 nitrogen and oxygen atoms in total. The van der Waals surface area contributed by atoms with Crippen molar-refractivity contribution in [2.24, 2.45) is 0 Å². The Morgan fingerprint density at radius 3 is 2.53 bits per heavy atom. The Kier molecular flexibility index (Phi) is 4.80. The van der Waals surface area contributed by atoms with Crippen LogP contribution in [0, 0.1) is 13.8 Å². The second-order valence-electron chi connectivity index (χ2n) is 5.07. The summed E-state index contributed by atoms with van der Waals surface area (Å²) in [4.78, 5) is 0. The van der Waals surface area contributed by atoms with E-state index in [2.05, 4.69) is 36.6 Å². The lowest BCUT2D eigenvalue weighted by molar-refractivity contribution is 0.00535. The number of likely N-dealkylation sites (N-methyl/N-ethyl adjacent to an activating group) is 1. The van der Waals surface area contributed by atoms with Crippen molar-refractivity contribution in [3.8, 4) is 5.75 Å². The third kappa shape index (κ3) is 3.08. The molecule has 1 heterocycles. The molecular weight excluding hydrogens is 240 g/mol. The molecule has 0 aromatic heterocycles. The Hall–Kier alpha value is -1.10. The van der Waals surface area contributed by atoms with Crippen molar-refractivity contribution in [1.82, 2.24) is 10.6 Å². The SMILES string of the molecule is CNC(c1cc(C)c(OC)c(C)c1)C1CNCCO1. The third-order valence-corrected chi connectivity index (χ3v) is 3.68. The van der Waals surface area contributed by atoms with Crippen LogP contribution >= 0.6 is 0 Å². The highest BCUT2D eigenvalue weighted by Crippen LogP contribution is 2.29. The summed E-state index contributed by atoms with van der Waals surface area (Å²) in [5.41, 5.74) is 3.59. The van der Waals surface area contributed by atoms with Crippen LogP contribution in [0.1, 0.15) is 22.7 Å². The monoisotopic (exact) mass is 264 g/mol. The number of aryl methyl sites for hydroxylation is 2. The number of methoxy groups -OCH3 is 1. The van der Waals surface area contributed by atoms with Crippen molar-refractivity contribution in [2.75, 3.05) is 33.9 Å². The van der Waals surface area contributed by atoms with Gasteiger partial charge in [-0.05, 0) is 37.6 Å². The summed E-state index contributed by atoms with van der Waals surface area (Å²) < 4.78 is 11.3. The molecule has 0 aliphatic carbocycles. The molecule has 1 fully saturated rings. The number of hydrogen-bond acceptors (Lipinski definition) is 4. The van der Waals surface area contributed by atoms with Crippen LogP contribution in [-0.4, -0.2) is 40.0 Å². The Bertz CT molecular complexity index is 405. The van der Waals surface area contributed by atoms with E-state index in [1.807, 2.05) is 7.05 Å². The fourth-order valence-electron chi connectivity index (χ4n) is 2.85. The van der Waals surface area contributed by atoms with Crippen LogP contribution in [0.15, 0.2) is 12.1 Å². The summed E-state index contributed by atoms with van der Waals surface area (Å²) in [6, 6.07) is 4.58. The van der Waals surface area contributed by atoms with E-state index >= 15 is 0 Å². The van der Waals surface area contributed by atoms with Gasteiger partial charge in [0.2, 0.25) is 0 Å². The number of benzene rings is 1. The van der Waals surface area contributed by atoms with Crippen LogP contribution in [0.4, 0.5) is 0 Å². The Balaban J connectivity index is 2.27. The van der Waals surface area contributed by atoms with Gasteiger partial charge in [-0.25, -0.2) is 0 Å². The molecular formula is C15H24N2O2. The molecule has 0 amide bonds. The molecule has 106 valence electrons. The van der Waals surface area contributed by atoms with Gasteiger partial charge in [0.05, 0.1) is 25.9 Å². The first kappa shape index (κ1) is 14.3. The fraction of sp³-hybridized carbons (Fsp3) is 0.600. The van der Waals surface area contributed by atoms with E-state index in [4.69, 9.17) is 9.47 Å². The zero-order valence-electron chi connectivity index (χ0n) is 12.2. The molecule has 2 N–H and O–H groups in total. The van der Waals surface area contributed by atoms with Crippen molar-refractivity contribution >= 4 is 0 Å². The predicted molar refractivity (Wildman–Crippen MR) is 76.9 cm³/mol. The van der Waals surface area contributed by atoms with Gasteiger partial charge in [0, 0.05) is 13.1 Å². The van der Waals surface area contributed by atoms with Crippen LogP contribution in [0.5, 0.6) is 5.75 Å². The van der Waals surface area contributed by atoms with Crippen molar-refractivity contribution in [3.63, 3.8) is 0 Å². The maximum Gasteiger partial charge on any atom is 0.124 e. The van der Waals surface area contributed by atoms with Crippen molar-refractivity contribution < 1.29 is 9.47 Å². The largest absolute Gasteiger partial charge is 0.496 e. The minimum absolute atomic E-state index is 0.172. The standard InChI is InChI=1S/C15H24N2O2/c1-10-7-12(8-11(2)15(10)18-4)14(16-3)13-9-17-5-6-19-13/h7-8,13-14,16-17H,5-6,9H2,1-4H3. The van der Waals surface area contributed by atoms with Gasteiger partial charge >= 0.3 is 0 Å². The molecule has 1 aromatic rings. The van der Waals surface area contributed by atoms with E-state index in [0.29, 0.717) is 0 Å². The molecule has 0 radical (unpaired) electrons. The van der Waals surface area contributed by atoms with Crippen LogP contribution in [0.2, 0.25) is 0 Å². The van der Waals surface area contributed by atoms with E-state index < -0.39 is 0 Å². The lowest BCUT2D eigenvalue weighted by atomic mass is 9.96. The normalized spacial score (nSPS) is 21.2. The maximum absolute atomic E-state index is 5.87. The highest BCUT2D eigenvalue weighted by atomic mass is 16.5. The first-order chi connectivity index (χ1) is 9.17. The van der Waals surface area contributed by atoms with E-state index in [1.54, 1.807) is 7.11 Å². The second kappa shape index (κ2) is 6.37. The van der Waals surface area contributed by atoms with Gasteiger partial charge in [-0.3, -0.25) is 0 Å². The molecule has 0 spiro atoms. The topological polar surface area (TPSA) is 42.5 Å². The van der Waals surface area contributed by atoms with Gasteiger partial charge in [-0.2, -0.15) is 0 Å². The van der Waals surface area contributed by atoms with Crippen molar-refractivity contribution in [3.05, 3.63) is 28.8 Å². The Labute approximate surface area is 115 Å². The van der Waals surface area contributed by atoms with Crippen LogP contribution in [0.3, 0.4) is 0 Å². The average Bonchev–Trinajstić information content (AvgIpc) is 2.40. The molecule has 19 heavy (non-hydrogen) atoms. The van der Waals surface area contributed by atoms with Gasteiger partial charge in [-0.1, -0.05) is 12.1 Å². The maximum atomic E-state index is 5.87. The van der Waals surface area contributed by atoms with Crippen LogP contribution < -0.4 is 15.4 Å². The summed E-state index contributed by atoms with van der Waals surface area (Å²) in [6.45, 7) is 6.77. The molecule has 1 saturated heterocycles. The molecule has 2 unspecified atom stereocenters. The summed E-state index contributed by atoms with van der Waals surface area (Å²) >= 11 is 0. The second-order valence-corrected chi connectivity index (χ2v) is 5.07. The van der Waals surface area contributed by atoms with E-state index in [0.717, 1.165) is 25.4 Å². The average molecular weight is 264 g/mol. The number of nitrogens with one attached hydrogen (secondary N) is 2. The Morgan fingerprint density at radius 1 is 1.37 bits per heavy atom. The molecule has 2 rings (SSSR count). The van der Waals surface area contributed by atoms with Gasteiger partial charge in [0.15, 0.2) is 0 Å². The fourth-order valence-corrected chi connectivity index (χ4v) is 2.85. The van der Waals surface area contributed by atoms with Gasteiger partial charge < -0.3 is 20.1 Å².